The molecule has 1 aromatic rings. The van der Waals surface area contributed by atoms with Crippen molar-refractivity contribution in [3.05, 3.63) is 46.6 Å². The minimum atomic E-state index is -0.862. The summed E-state index contributed by atoms with van der Waals surface area (Å²) in [4.78, 5) is 37.4. The highest BCUT2D eigenvalue weighted by molar-refractivity contribution is 6.10. The largest absolute Gasteiger partial charge is 0.508 e. The van der Waals surface area contributed by atoms with Gasteiger partial charge in [-0.25, -0.2) is 0 Å². The fourth-order valence-corrected chi connectivity index (χ4v) is 3.68. The van der Waals surface area contributed by atoms with Crippen LogP contribution < -0.4 is 0 Å². The van der Waals surface area contributed by atoms with E-state index in [2.05, 4.69) is 0 Å². The first-order valence-corrected chi connectivity index (χ1v) is 10.9. The molecule has 0 heterocycles. The van der Waals surface area contributed by atoms with Gasteiger partial charge in [-0.15, -0.1) is 0 Å². The third-order valence-electron chi connectivity index (χ3n) is 5.68. The lowest BCUT2D eigenvalue weighted by atomic mass is 9.84. The van der Waals surface area contributed by atoms with Gasteiger partial charge in [-0.05, 0) is 63.8 Å². The Bertz CT molecular complexity index is 922. The van der Waals surface area contributed by atoms with E-state index in [0.29, 0.717) is 16.7 Å². The van der Waals surface area contributed by atoms with Crippen LogP contribution >= 0.6 is 0 Å². The molecule has 4 atom stereocenters. The van der Waals surface area contributed by atoms with Crippen molar-refractivity contribution in [2.45, 2.75) is 67.4 Å². The van der Waals surface area contributed by atoms with Crippen molar-refractivity contribution in [1.82, 2.24) is 0 Å². The molecule has 6 heteroatoms. The second-order valence-corrected chi connectivity index (χ2v) is 8.91. The lowest BCUT2D eigenvalue weighted by molar-refractivity contribution is -0.132. The Hall–Kier alpha value is -2.73. The van der Waals surface area contributed by atoms with Gasteiger partial charge in [0.15, 0.2) is 5.78 Å². The maximum absolute atomic E-state index is 13.0. The standard InChI is InChI=1S/C26H36O6/c1-14(8-15(2)20(7)28)9-16(3)25(31)19(6)26(32)17(4)10-23-21(11-18(5)27)12-22(29)13-24(23)30/h8-9,12-13,15,17,19-20,28-30H,10-11H2,1-7H3/b14-8?,16-9+/t15-,17-,19+,20+/m0/s1. The van der Waals surface area contributed by atoms with Gasteiger partial charge in [0.05, 0.1) is 12.0 Å². The van der Waals surface area contributed by atoms with E-state index in [4.69, 9.17) is 0 Å². The molecule has 0 saturated carbocycles. The molecule has 0 aliphatic carbocycles. The monoisotopic (exact) mass is 444 g/mol. The molecule has 1 rings (SSSR count). The number of Topliss-reactive ketones (excluding diaryl/α,β-unsaturated/α-hetero) is 3. The van der Waals surface area contributed by atoms with E-state index in [1.54, 1.807) is 33.8 Å². The van der Waals surface area contributed by atoms with Crippen molar-refractivity contribution in [2.24, 2.45) is 17.8 Å². The van der Waals surface area contributed by atoms with Gasteiger partial charge < -0.3 is 15.3 Å². The number of aromatic hydroxyl groups is 2. The zero-order valence-electron chi connectivity index (χ0n) is 20.1. The van der Waals surface area contributed by atoms with Gasteiger partial charge in [0.1, 0.15) is 23.1 Å². The number of phenols is 2. The van der Waals surface area contributed by atoms with Crippen LogP contribution in [0.2, 0.25) is 0 Å². The quantitative estimate of drug-likeness (QED) is 0.269. The van der Waals surface area contributed by atoms with Crippen molar-refractivity contribution in [2.75, 3.05) is 0 Å². The zero-order chi connectivity index (χ0) is 24.7. The Morgan fingerprint density at radius 3 is 2.12 bits per heavy atom. The molecular weight excluding hydrogens is 408 g/mol. The predicted octanol–water partition coefficient (Wildman–Crippen LogP) is 4.09. The van der Waals surface area contributed by atoms with E-state index in [1.807, 2.05) is 19.9 Å². The smallest absolute Gasteiger partial charge is 0.168 e. The maximum Gasteiger partial charge on any atom is 0.168 e. The van der Waals surface area contributed by atoms with Gasteiger partial charge >= 0.3 is 0 Å². The fraction of sp³-hybridized carbons (Fsp3) is 0.500. The number of carbonyl (C=O) groups is 3. The number of aliphatic hydroxyl groups excluding tert-OH is 1. The maximum atomic E-state index is 13.0. The molecule has 0 spiro atoms. The Balaban J connectivity index is 3.03. The zero-order valence-corrected chi connectivity index (χ0v) is 20.1. The molecule has 0 radical (unpaired) electrons. The second-order valence-electron chi connectivity index (χ2n) is 8.91. The Morgan fingerprint density at radius 2 is 1.59 bits per heavy atom. The van der Waals surface area contributed by atoms with E-state index in [-0.39, 0.29) is 47.6 Å². The van der Waals surface area contributed by atoms with Crippen LogP contribution in [0.15, 0.2) is 35.4 Å². The molecule has 0 aliphatic rings. The van der Waals surface area contributed by atoms with Crippen molar-refractivity contribution < 1.29 is 29.7 Å². The van der Waals surface area contributed by atoms with Gasteiger partial charge in [0, 0.05) is 24.3 Å². The van der Waals surface area contributed by atoms with Crippen molar-refractivity contribution in [3.63, 3.8) is 0 Å². The summed E-state index contributed by atoms with van der Waals surface area (Å²) in [6.07, 6.45) is 3.27. The molecule has 176 valence electrons. The third-order valence-corrected chi connectivity index (χ3v) is 5.68. The highest BCUT2D eigenvalue weighted by Crippen LogP contribution is 2.31. The Labute approximate surface area is 190 Å². The van der Waals surface area contributed by atoms with Gasteiger partial charge in [-0.1, -0.05) is 31.6 Å². The normalized spacial score (nSPS) is 16.2. The van der Waals surface area contributed by atoms with E-state index in [9.17, 15) is 29.7 Å². The lowest BCUT2D eigenvalue weighted by Gasteiger charge is -2.19. The molecule has 0 bridgehead atoms. The number of hydrogen-bond donors (Lipinski definition) is 3. The number of phenolic OH excluding ortho intramolecular Hbond substituents is 2. The SMILES string of the molecule is CC(=O)Cc1cc(O)cc(O)c1C[C@H](C)C(=O)[C@H](C)C(=O)/C(C)=C/C(C)=C[C@H](C)[C@@H](C)O. The average molecular weight is 445 g/mol. The van der Waals surface area contributed by atoms with Crippen LogP contribution in [-0.4, -0.2) is 38.8 Å². The number of ketones is 3. The van der Waals surface area contributed by atoms with Gasteiger partial charge in [0.2, 0.25) is 0 Å². The number of hydrogen-bond acceptors (Lipinski definition) is 6. The van der Waals surface area contributed by atoms with Crippen LogP contribution in [0.4, 0.5) is 0 Å². The summed E-state index contributed by atoms with van der Waals surface area (Å²) in [7, 11) is 0. The average Bonchev–Trinajstić information content (AvgIpc) is 2.67. The highest BCUT2D eigenvalue weighted by Gasteiger charge is 2.28. The van der Waals surface area contributed by atoms with E-state index in [1.165, 1.54) is 19.1 Å². The molecule has 32 heavy (non-hydrogen) atoms. The summed E-state index contributed by atoms with van der Waals surface area (Å²) < 4.78 is 0. The molecule has 6 nitrogen and oxygen atoms in total. The summed E-state index contributed by atoms with van der Waals surface area (Å²) in [6.45, 7) is 11.8. The van der Waals surface area contributed by atoms with Gasteiger partial charge in [0.25, 0.3) is 0 Å². The molecule has 1 aromatic carbocycles. The molecule has 0 saturated heterocycles. The van der Waals surface area contributed by atoms with E-state index in [0.717, 1.165) is 5.57 Å². The number of allylic oxidation sites excluding steroid dienone is 3. The minimum absolute atomic E-state index is 0.0328. The van der Waals surface area contributed by atoms with Gasteiger partial charge in [-0.2, -0.15) is 0 Å². The number of benzene rings is 1. The van der Waals surface area contributed by atoms with Crippen LogP contribution in [0.3, 0.4) is 0 Å². The summed E-state index contributed by atoms with van der Waals surface area (Å²) in [6, 6.07) is 2.60. The third kappa shape index (κ3) is 7.75. The van der Waals surface area contributed by atoms with Crippen LogP contribution in [0.5, 0.6) is 11.5 Å². The van der Waals surface area contributed by atoms with Gasteiger partial charge in [-0.3, -0.25) is 14.4 Å². The molecule has 0 unspecified atom stereocenters. The van der Waals surface area contributed by atoms with Crippen LogP contribution in [0.1, 0.15) is 59.6 Å². The van der Waals surface area contributed by atoms with E-state index < -0.39 is 17.9 Å². The first-order valence-electron chi connectivity index (χ1n) is 10.9. The number of rotatable bonds is 11. The fourth-order valence-electron chi connectivity index (χ4n) is 3.68. The minimum Gasteiger partial charge on any atom is -0.508 e. The molecule has 0 aliphatic heterocycles. The van der Waals surface area contributed by atoms with Crippen LogP contribution in [0.25, 0.3) is 0 Å². The molecule has 0 aromatic heterocycles. The van der Waals surface area contributed by atoms with Crippen LogP contribution in [-0.2, 0) is 27.2 Å². The molecule has 3 N–H and O–H groups in total. The number of aliphatic hydroxyl groups is 1. The first kappa shape index (κ1) is 27.3. The van der Waals surface area contributed by atoms with Crippen molar-refractivity contribution in [3.8, 4) is 11.5 Å². The summed E-state index contributed by atoms with van der Waals surface area (Å²) >= 11 is 0. The summed E-state index contributed by atoms with van der Waals surface area (Å²) in [5.74, 6) is -2.50. The molecular formula is C26H36O6. The van der Waals surface area contributed by atoms with E-state index >= 15 is 0 Å². The lowest BCUT2D eigenvalue weighted by Crippen LogP contribution is -2.28. The topological polar surface area (TPSA) is 112 Å². The van der Waals surface area contributed by atoms with Crippen LogP contribution in [0, 0.1) is 17.8 Å². The summed E-state index contributed by atoms with van der Waals surface area (Å²) in [5.41, 5.74) is 2.18. The number of carbonyl (C=O) groups excluding carboxylic acids is 3. The predicted molar refractivity (Wildman–Crippen MR) is 125 cm³/mol. The Kier molecular flexibility index (Phi) is 10.0. The summed E-state index contributed by atoms with van der Waals surface area (Å²) in [5, 5.41) is 29.7. The Morgan fingerprint density at radius 1 is 1.00 bits per heavy atom. The molecule has 0 fully saturated rings. The first-order chi connectivity index (χ1) is 14.7. The van der Waals surface area contributed by atoms with Crippen molar-refractivity contribution >= 4 is 17.3 Å². The molecule has 0 amide bonds. The highest BCUT2D eigenvalue weighted by atomic mass is 16.3. The van der Waals surface area contributed by atoms with Crippen molar-refractivity contribution in [1.29, 1.82) is 0 Å². The second kappa shape index (κ2) is 11.8.